The second-order valence-electron chi connectivity index (χ2n) is 5.96. The monoisotopic (exact) mass is 317 g/mol. The third-order valence-electron chi connectivity index (χ3n) is 4.23. The highest BCUT2D eigenvalue weighted by Crippen LogP contribution is 2.19. The number of carbonyl (C=O) groups excluding carboxylic acids is 1. The van der Waals surface area contributed by atoms with Gasteiger partial charge in [0.2, 0.25) is 5.91 Å². The Labute approximate surface area is 135 Å². The number of H-pyrrole nitrogens is 1. The number of amides is 1. The van der Waals surface area contributed by atoms with Gasteiger partial charge in [-0.1, -0.05) is 6.07 Å². The summed E-state index contributed by atoms with van der Waals surface area (Å²) in [6.07, 6.45) is 0.969. The molecule has 0 saturated carbocycles. The van der Waals surface area contributed by atoms with E-state index >= 15 is 0 Å². The molecule has 3 rings (SSSR count). The third kappa shape index (κ3) is 3.89. The smallest absolute Gasteiger partial charge is 0.220 e. The quantitative estimate of drug-likeness (QED) is 0.879. The molecule has 2 aromatic rings. The highest BCUT2D eigenvalue weighted by Gasteiger charge is 2.15. The predicted molar refractivity (Wildman–Crippen MR) is 87.5 cm³/mol. The summed E-state index contributed by atoms with van der Waals surface area (Å²) >= 11 is 0. The zero-order chi connectivity index (χ0) is 16.2. The molecule has 1 amide bonds. The van der Waals surface area contributed by atoms with Gasteiger partial charge in [-0.25, -0.2) is 4.98 Å². The van der Waals surface area contributed by atoms with Crippen LogP contribution in [0.2, 0.25) is 0 Å². The van der Waals surface area contributed by atoms with Crippen molar-refractivity contribution in [2.45, 2.75) is 32.8 Å². The Bertz CT molecular complexity index is 690. The van der Waals surface area contributed by atoms with Crippen molar-refractivity contribution in [3.05, 3.63) is 29.1 Å². The Hall–Kier alpha value is -1.92. The molecule has 23 heavy (non-hydrogen) atoms. The molecule has 2 N–H and O–H groups in total. The Balaban J connectivity index is 1.51. The number of imidazole rings is 1. The third-order valence-corrected chi connectivity index (χ3v) is 4.23. The fourth-order valence-electron chi connectivity index (χ4n) is 2.69. The molecule has 124 valence electrons. The van der Waals surface area contributed by atoms with Crippen LogP contribution in [-0.4, -0.2) is 48.3 Å². The van der Waals surface area contributed by atoms with Crippen molar-refractivity contribution in [1.82, 2.24) is 15.3 Å². The van der Waals surface area contributed by atoms with Gasteiger partial charge in [0.15, 0.2) is 0 Å². The number of nitrogens with zero attached hydrogens (tertiary/aromatic N) is 1. The van der Waals surface area contributed by atoms with Crippen molar-refractivity contribution in [1.29, 1.82) is 0 Å². The Kier molecular flexibility index (Phi) is 4.93. The van der Waals surface area contributed by atoms with E-state index in [4.69, 9.17) is 9.47 Å². The number of hydrogen-bond donors (Lipinski definition) is 2. The second-order valence-corrected chi connectivity index (χ2v) is 5.96. The van der Waals surface area contributed by atoms with Gasteiger partial charge in [0.1, 0.15) is 5.82 Å². The Morgan fingerprint density at radius 1 is 1.39 bits per heavy atom. The van der Waals surface area contributed by atoms with Gasteiger partial charge in [0, 0.05) is 19.4 Å². The number of fused-ring (bicyclic) bond motifs is 1. The highest BCUT2D eigenvalue weighted by molar-refractivity contribution is 5.80. The van der Waals surface area contributed by atoms with E-state index in [0.29, 0.717) is 39.2 Å². The zero-order valence-electron chi connectivity index (χ0n) is 13.6. The minimum absolute atomic E-state index is 0.00697. The molecule has 1 fully saturated rings. The lowest BCUT2D eigenvalue weighted by Gasteiger charge is -2.23. The zero-order valence-corrected chi connectivity index (χ0v) is 13.6. The van der Waals surface area contributed by atoms with E-state index < -0.39 is 0 Å². The predicted octanol–water partition coefficient (Wildman–Crippen LogP) is 1.64. The summed E-state index contributed by atoms with van der Waals surface area (Å²) in [4.78, 5) is 19.8. The second kappa shape index (κ2) is 7.10. The molecule has 1 atom stereocenters. The SMILES string of the molecule is Cc1ccc2[nH]c(CCC(=O)NCC3COCCO3)nc2c1C. The van der Waals surface area contributed by atoms with Gasteiger partial charge in [0.25, 0.3) is 0 Å². The summed E-state index contributed by atoms with van der Waals surface area (Å²) in [5.74, 6) is 0.855. The van der Waals surface area contributed by atoms with Crippen LogP contribution in [0.25, 0.3) is 11.0 Å². The number of rotatable bonds is 5. The molecule has 6 heteroatoms. The van der Waals surface area contributed by atoms with E-state index in [2.05, 4.69) is 35.2 Å². The minimum atomic E-state index is -0.0375. The summed E-state index contributed by atoms with van der Waals surface area (Å²) in [7, 11) is 0. The molecule has 1 aliphatic rings. The molecule has 0 radical (unpaired) electrons. The number of nitrogens with one attached hydrogen (secondary N) is 2. The van der Waals surface area contributed by atoms with Crippen molar-refractivity contribution < 1.29 is 14.3 Å². The number of aryl methyl sites for hydroxylation is 3. The van der Waals surface area contributed by atoms with Crippen molar-refractivity contribution in [2.75, 3.05) is 26.4 Å². The number of aromatic nitrogens is 2. The molecule has 2 heterocycles. The Morgan fingerprint density at radius 2 is 2.26 bits per heavy atom. The minimum Gasteiger partial charge on any atom is -0.376 e. The van der Waals surface area contributed by atoms with Crippen LogP contribution in [0.1, 0.15) is 23.4 Å². The topological polar surface area (TPSA) is 76.2 Å². The summed E-state index contributed by atoms with van der Waals surface area (Å²) in [5, 5.41) is 2.89. The molecular formula is C17H23N3O3. The molecule has 0 spiro atoms. The maximum atomic E-state index is 11.9. The number of benzene rings is 1. The highest BCUT2D eigenvalue weighted by atomic mass is 16.6. The van der Waals surface area contributed by atoms with E-state index in [-0.39, 0.29) is 12.0 Å². The molecule has 1 saturated heterocycles. The van der Waals surface area contributed by atoms with E-state index in [1.807, 2.05) is 6.07 Å². The average Bonchev–Trinajstić information content (AvgIpc) is 2.99. The normalized spacial score (nSPS) is 18.3. The lowest BCUT2D eigenvalue weighted by molar-refractivity contribution is -0.123. The Morgan fingerprint density at radius 3 is 3.04 bits per heavy atom. The molecule has 0 bridgehead atoms. The van der Waals surface area contributed by atoms with Crippen molar-refractivity contribution in [3.63, 3.8) is 0 Å². The maximum Gasteiger partial charge on any atom is 0.220 e. The molecule has 0 aliphatic carbocycles. The number of hydrogen-bond acceptors (Lipinski definition) is 4. The lowest BCUT2D eigenvalue weighted by Crippen LogP contribution is -2.39. The van der Waals surface area contributed by atoms with Crippen LogP contribution in [0.4, 0.5) is 0 Å². The van der Waals surface area contributed by atoms with Gasteiger partial charge in [-0.3, -0.25) is 4.79 Å². The summed E-state index contributed by atoms with van der Waals surface area (Å²) < 4.78 is 10.8. The number of ether oxygens (including phenoxy) is 2. The molecule has 1 aliphatic heterocycles. The van der Waals surface area contributed by atoms with Gasteiger partial charge >= 0.3 is 0 Å². The van der Waals surface area contributed by atoms with Gasteiger partial charge in [0.05, 0.1) is 37.0 Å². The van der Waals surface area contributed by atoms with Crippen molar-refractivity contribution in [3.8, 4) is 0 Å². The van der Waals surface area contributed by atoms with Crippen molar-refractivity contribution >= 4 is 16.9 Å². The van der Waals surface area contributed by atoms with E-state index in [1.54, 1.807) is 0 Å². The number of carbonyl (C=O) groups is 1. The van der Waals surface area contributed by atoms with Crippen LogP contribution >= 0.6 is 0 Å². The molecule has 1 unspecified atom stereocenters. The molecule has 6 nitrogen and oxygen atoms in total. The fraction of sp³-hybridized carbons (Fsp3) is 0.529. The summed E-state index contributed by atoms with van der Waals surface area (Å²) in [5.41, 5.74) is 4.43. The van der Waals surface area contributed by atoms with E-state index in [9.17, 15) is 4.79 Å². The summed E-state index contributed by atoms with van der Waals surface area (Å²) in [6.45, 7) is 6.42. The van der Waals surface area contributed by atoms with Crippen LogP contribution in [-0.2, 0) is 20.7 Å². The van der Waals surface area contributed by atoms with Crippen LogP contribution in [0.15, 0.2) is 12.1 Å². The van der Waals surface area contributed by atoms with E-state index in [0.717, 1.165) is 16.9 Å². The van der Waals surface area contributed by atoms with Crippen LogP contribution in [0, 0.1) is 13.8 Å². The summed E-state index contributed by atoms with van der Waals surface area (Å²) in [6, 6.07) is 4.12. The van der Waals surface area contributed by atoms with Crippen LogP contribution in [0.3, 0.4) is 0 Å². The van der Waals surface area contributed by atoms with Crippen molar-refractivity contribution in [2.24, 2.45) is 0 Å². The fourth-order valence-corrected chi connectivity index (χ4v) is 2.69. The van der Waals surface area contributed by atoms with Gasteiger partial charge in [-0.15, -0.1) is 0 Å². The van der Waals surface area contributed by atoms with Gasteiger partial charge in [-0.2, -0.15) is 0 Å². The molecule has 1 aromatic carbocycles. The standard InChI is InChI=1S/C17H23N3O3/c1-11-3-4-14-17(12(11)2)20-15(19-14)5-6-16(21)18-9-13-10-22-7-8-23-13/h3-4,13H,5-10H2,1-2H3,(H,18,21)(H,19,20). The van der Waals surface area contributed by atoms with Gasteiger partial charge < -0.3 is 19.8 Å². The van der Waals surface area contributed by atoms with Gasteiger partial charge in [-0.05, 0) is 31.0 Å². The first kappa shape index (κ1) is 16.0. The molecule has 1 aromatic heterocycles. The maximum absolute atomic E-state index is 11.9. The number of aromatic amines is 1. The largest absolute Gasteiger partial charge is 0.376 e. The van der Waals surface area contributed by atoms with E-state index in [1.165, 1.54) is 11.1 Å². The first-order valence-electron chi connectivity index (χ1n) is 8.04. The first-order valence-corrected chi connectivity index (χ1v) is 8.04. The first-order chi connectivity index (χ1) is 11.1. The average molecular weight is 317 g/mol. The lowest BCUT2D eigenvalue weighted by atomic mass is 10.1. The van der Waals surface area contributed by atoms with Crippen LogP contribution in [0.5, 0.6) is 0 Å². The van der Waals surface area contributed by atoms with Crippen LogP contribution < -0.4 is 5.32 Å². The molecular weight excluding hydrogens is 294 g/mol.